The molecular formula is C12H20N4O. The van der Waals surface area contributed by atoms with Crippen LogP contribution in [-0.4, -0.2) is 16.9 Å². The molecule has 5 nitrogen and oxygen atoms in total. The lowest BCUT2D eigenvalue weighted by molar-refractivity contribution is 0.100. The molecule has 2 atom stereocenters. The van der Waals surface area contributed by atoms with E-state index in [1.54, 1.807) is 6.07 Å². The van der Waals surface area contributed by atoms with Crippen molar-refractivity contribution < 1.29 is 4.79 Å². The molecule has 0 aromatic carbocycles. The molecule has 0 radical (unpaired) electrons. The molecule has 5 N–H and O–H groups in total. The Kier molecular flexibility index (Phi) is 4.31. The van der Waals surface area contributed by atoms with Crippen LogP contribution in [0.1, 0.15) is 37.6 Å². The number of rotatable bonds is 5. The van der Waals surface area contributed by atoms with E-state index in [-0.39, 0.29) is 6.04 Å². The number of aromatic nitrogens is 1. The topological polar surface area (TPSA) is 94.0 Å². The molecule has 0 aliphatic heterocycles. The van der Waals surface area contributed by atoms with E-state index < -0.39 is 5.91 Å². The predicted molar refractivity (Wildman–Crippen MR) is 69.7 cm³/mol. The van der Waals surface area contributed by atoms with Crippen molar-refractivity contribution in [1.29, 1.82) is 0 Å². The molecule has 1 aromatic rings. The van der Waals surface area contributed by atoms with Gasteiger partial charge in [0.05, 0.1) is 17.4 Å². The summed E-state index contributed by atoms with van der Waals surface area (Å²) in [6, 6.07) is 1.87. The number of carbonyl (C=O) groups is 1. The lowest BCUT2D eigenvalue weighted by Gasteiger charge is -2.20. The fourth-order valence-electron chi connectivity index (χ4n) is 1.49. The maximum atomic E-state index is 11.1. The minimum Gasteiger partial charge on any atom is -0.397 e. The second-order valence-corrected chi connectivity index (χ2v) is 4.34. The number of pyridine rings is 1. The molecule has 0 fully saturated rings. The lowest BCUT2D eigenvalue weighted by Crippen LogP contribution is -2.24. The Morgan fingerprint density at radius 2 is 2.18 bits per heavy atom. The minimum atomic E-state index is -0.538. The highest BCUT2D eigenvalue weighted by Crippen LogP contribution is 2.17. The zero-order valence-electron chi connectivity index (χ0n) is 10.5. The average molecular weight is 236 g/mol. The number of anilines is 2. The van der Waals surface area contributed by atoms with Gasteiger partial charge in [-0.3, -0.25) is 4.79 Å². The van der Waals surface area contributed by atoms with Gasteiger partial charge < -0.3 is 16.8 Å². The summed E-state index contributed by atoms with van der Waals surface area (Å²) in [5.41, 5.74) is 11.5. The maximum absolute atomic E-state index is 11.1. The molecule has 0 aliphatic carbocycles. The molecule has 0 bridgehead atoms. The summed E-state index contributed by atoms with van der Waals surface area (Å²) in [6.45, 7) is 6.37. The molecule has 1 heterocycles. The Bertz CT molecular complexity index is 405. The molecule has 5 heteroatoms. The Balaban J connectivity index is 2.86. The summed E-state index contributed by atoms with van der Waals surface area (Å²) < 4.78 is 0. The van der Waals surface area contributed by atoms with E-state index >= 15 is 0 Å². The fraction of sp³-hybridized carbons (Fsp3) is 0.500. The van der Waals surface area contributed by atoms with Crippen LogP contribution in [-0.2, 0) is 0 Å². The monoisotopic (exact) mass is 236 g/mol. The molecular weight excluding hydrogens is 216 g/mol. The fourth-order valence-corrected chi connectivity index (χ4v) is 1.49. The van der Waals surface area contributed by atoms with Gasteiger partial charge in [-0.05, 0) is 18.9 Å². The van der Waals surface area contributed by atoms with Gasteiger partial charge >= 0.3 is 0 Å². The highest BCUT2D eigenvalue weighted by atomic mass is 16.1. The standard InChI is InChI=1S/C12H20N4O/c1-4-7(2)8(3)16-11-5-9(12(14)17)10(13)6-15-11/h5-8H,4,13H2,1-3H3,(H2,14,17)(H,15,16). The lowest BCUT2D eigenvalue weighted by atomic mass is 10.0. The summed E-state index contributed by atoms with van der Waals surface area (Å²) >= 11 is 0. The maximum Gasteiger partial charge on any atom is 0.250 e. The number of primary amides is 1. The van der Waals surface area contributed by atoms with Gasteiger partial charge in [0.15, 0.2) is 0 Å². The number of hydrogen-bond donors (Lipinski definition) is 3. The van der Waals surface area contributed by atoms with E-state index in [1.807, 2.05) is 0 Å². The van der Waals surface area contributed by atoms with E-state index in [9.17, 15) is 4.79 Å². The number of hydrogen-bond acceptors (Lipinski definition) is 4. The highest BCUT2D eigenvalue weighted by molar-refractivity contribution is 5.98. The van der Waals surface area contributed by atoms with Crippen LogP contribution >= 0.6 is 0 Å². The second kappa shape index (κ2) is 5.52. The van der Waals surface area contributed by atoms with Crippen molar-refractivity contribution in [2.75, 3.05) is 11.1 Å². The molecule has 1 rings (SSSR count). The minimum absolute atomic E-state index is 0.275. The average Bonchev–Trinajstić information content (AvgIpc) is 2.30. The van der Waals surface area contributed by atoms with Gasteiger partial charge in [0.1, 0.15) is 5.82 Å². The Morgan fingerprint density at radius 1 is 1.53 bits per heavy atom. The number of carbonyl (C=O) groups excluding carboxylic acids is 1. The van der Waals surface area contributed by atoms with Crippen molar-refractivity contribution in [3.63, 3.8) is 0 Å². The normalized spacial score (nSPS) is 14.1. The molecule has 1 aromatic heterocycles. The Labute approximate surface area is 102 Å². The van der Waals surface area contributed by atoms with E-state index in [1.165, 1.54) is 6.20 Å². The van der Waals surface area contributed by atoms with Crippen LogP contribution in [0, 0.1) is 5.92 Å². The first-order valence-corrected chi connectivity index (χ1v) is 5.77. The van der Waals surface area contributed by atoms with Crippen LogP contribution < -0.4 is 16.8 Å². The number of nitrogens with zero attached hydrogens (tertiary/aromatic N) is 1. The van der Waals surface area contributed by atoms with Gasteiger partial charge in [-0.1, -0.05) is 20.3 Å². The van der Waals surface area contributed by atoms with Gasteiger partial charge in [0.2, 0.25) is 0 Å². The SMILES string of the molecule is CCC(C)C(C)Nc1cc(C(N)=O)c(N)cn1. The number of amides is 1. The number of nitrogens with two attached hydrogens (primary N) is 2. The molecule has 17 heavy (non-hydrogen) atoms. The van der Waals surface area contributed by atoms with Gasteiger partial charge in [-0.15, -0.1) is 0 Å². The van der Waals surface area contributed by atoms with Crippen molar-refractivity contribution in [2.45, 2.75) is 33.2 Å². The number of nitrogen functional groups attached to an aromatic ring is 1. The van der Waals surface area contributed by atoms with Crippen molar-refractivity contribution in [3.05, 3.63) is 17.8 Å². The van der Waals surface area contributed by atoms with Crippen molar-refractivity contribution in [1.82, 2.24) is 4.98 Å². The van der Waals surface area contributed by atoms with Gasteiger partial charge in [-0.25, -0.2) is 4.98 Å². The Morgan fingerprint density at radius 3 is 2.71 bits per heavy atom. The largest absolute Gasteiger partial charge is 0.397 e. The van der Waals surface area contributed by atoms with Crippen LogP contribution in [0.5, 0.6) is 0 Å². The van der Waals surface area contributed by atoms with Crippen molar-refractivity contribution >= 4 is 17.4 Å². The smallest absolute Gasteiger partial charge is 0.250 e. The quantitative estimate of drug-likeness (QED) is 0.724. The summed E-state index contributed by atoms with van der Waals surface area (Å²) in [4.78, 5) is 15.3. The van der Waals surface area contributed by atoms with Crippen LogP contribution in [0.2, 0.25) is 0 Å². The zero-order valence-corrected chi connectivity index (χ0v) is 10.5. The van der Waals surface area contributed by atoms with Crippen LogP contribution in [0.25, 0.3) is 0 Å². The summed E-state index contributed by atoms with van der Waals surface area (Å²) in [7, 11) is 0. The van der Waals surface area contributed by atoms with E-state index in [0.717, 1.165) is 6.42 Å². The first-order valence-electron chi connectivity index (χ1n) is 5.77. The van der Waals surface area contributed by atoms with Gasteiger partial charge in [0.25, 0.3) is 5.91 Å². The first kappa shape index (κ1) is 13.3. The van der Waals surface area contributed by atoms with E-state index in [4.69, 9.17) is 11.5 Å². The van der Waals surface area contributed by atoms with Crippen LogP contribution in [0.3, 0.4) is 0 Å². The molecule has 0 spiro atoms. The van der Waals surface area contributed by atoms with Crippen LogP contribution in [0.15, 0.2) is 12.3 Å². The van der Waals surface area contributed by atoms with Crippen molar-refractivity contribution in [2.24, 2.45) is 11.7 Å². The molecule has 0 saturated heterocycles. The molecule has 1 amide bonds. The number of nitrogens with one attached hydrogen (secondary N) is 1. The molecule has 0 aliphatic rings. The van der Waals surface area contributed by atoms with Crippen LogP contribution in [0.4, 0.5) is 11.5 Å². The zero-order chi connectivity index (χ0) is 13.0. The third kappa shape index (κ3) is 3.34. The predicted octanol–water partition coefficient (Wildman–Crippen LogP) is 1.61. The Hall–Kier alpha value is -1.78. The first-order chi connectivity index (χ1) is 7.95. The van der Waals surface area contributed by atoms with E-state index in [2.05, 4.69) is 31.1 Å². The van der Waals surface area contributed by atoms with Crippen molar-refractivity contribution in [3.8, 4) is 0 Å². The molecule has 0 saturated carbocycles. The summed E-state index contributed by atoms with van der Waals surface area (Å²) in [5.74, 6) is 0.608. The summed E-state index contributed by atoms with van der Waals surface area (Å²) in [5, 5.41) is 3.24. The molecule has 2 unspecified atom stereocenters. The van der Waals surface area contributed by atoms with Gasteiger partial charge in [-0.2, -0.15) is 0 Å². The second-order valence-electron chi connectivity index (χ2n) is 4.34. The van der Waals surface area contributed by atoms with Gasteiger partial charge in [0, 0.05) is 6.04 Å². The molecule has 94 valence electrons. The highest BCUT2D eigenvalue weighted by Gasteiger charge is 2.12. The van der Waals surface area contributed by atoms with E-state index in [0.29, 0.717) is 23.0 Å². The third-order valence-corrected chi connectivity index (χ3v) is 3.07. The third-order valence-electron chi connectivity index (χ3n) is 3.07. The summed E-state index contributed by atoms with van der Waals surface area (Å²) in [6.07, 6.45) is 2.53.